The summed E-state index contributed by atoms with van der Waals surface area (Å²) in [6.45, 7) is 0. The highest BCUT2D eigenvalue weighted by Gasteiger charge is 2.50. The Labute approximate surface area is 88.5 Å². The van der Waals surface area contributed by atoms with Gasteiger partial charge in [0.05, 0.1) is 5.92 Å². The van der Waals surface area contributed by atoms with E-state index in [-0.39, 0.29) is 5.78 Å². The predicted octanol–water partition coefficient (Wildman–Crippen LogP) is 3.35. The van der Waals surface area contributed by atoms with Crippen LogP contribution in [0.25, 0.3) is 0 Å². The van der Waals surface area contributed by atoms with E-state index in [0.29, 0.717) is 25.7 Å². The van der Waals surface area contributed by atoms with Crippen LogP contribution in [0.3, 0.4) is 0 Å². The average Bonchev–Trinajstić information content (AvgIpc) is 2.66. The second-order valence-corrected chi connectivity index (χ2v) is 4.55. The molecule has 0 N–H and O–H groups in total. The summed E-state index contributed by atoms with van der Waals surface area (Å²) < 4.78 is 28.0. The zero-order chi connectivity index (χ0) is 10.9. The van der Waals surface area contributed by atoms with Crippen molar-refractivity contribution in [2.45, 2.75) is 44.4 Å². The Kier molecular flexibility index (Phi) is 2.89. The van der Waals surface area contributed by atoms with E-state index in [1.165, 1.54) is 0 Å². The Balaban J connectivity index is 2.13. The van der Waals surface area contributed by atoms with Gasteiger partial charge in [-0.15, -0.1) is 0 Å². The maximum Gasteiger partial charge on any atom is 0.263 e. The molecule has 0 aromatic carbocycles. The van der Waals surface area contributed by atoms with Crippen LogP contribution in [0.5, 0.6) is 0 Å². The largest absolute Gasteiger partial charge is 0.299 e. The third kappa shape index (κ3) is 1.97. The maximum absolute atomic E-state index is 14.0. The summed E-state index contributed by atoms with van der Waals surface area (Å²) in [4.78, 5) is 11.4. The molecule has 0 aromatic heterocycles. The van der Waals surface area contributed by atoms with Crippen LogP contribution in [0, 0.1) is 11.8 Å². The molecule has 1 fully saturated rings. The van der Waals surface area contributed by atoms with Crippen LogP contribution in [0.2, 0.25) is 0 Å². The van der Waals surface area contributed by atoms with Gasteiger partial charge >= 0.3 is 0 Å². The minimum Gasteiger partial charge on any atom is -0.299 e. The van der Waals surface area contributed by atoms with Crippen LogP contribution in [-0.2, 0) is 4.79 Å². The molecule has 2 rings (SSSR count). The van der Waals surface area contributed by atoms with Crippen LogP contribution < -0.4 is 0 Å². The van der Waals surface area contributed by atoms with Crippen molar-refractivity contribution in [1.82, 2.24) is 0 Å². The molecule has 0 radical (unpaired) electrons. The molecule has 0 spiro atoms. The molecule has 0 bridgehead atoms. The monoisotopic (exact) mass is 214 g/mol. The number of carbonyl (C=O) groups is 1. The number of Topliss-reactive ketones (excluding diaryl/α,β-unsaturated/α-hetero) is 1. The number of alkyl halides is 2. The van der Waals surface area contributed by atoms with Crippen LogP contribution >= 0.6 is 0 Å². The number of hydrogen-bond acceptors (Lipinski definition) is 1. The summed E-state index contributed by atoms with van der Waals surface area (Å²) >= 11 is 0. The molecule has 3 heteroatoms. The highest BCUT2D eigenvalue weighted by atomic mass is 19.3. The van der Waals surface area contributed by atoms with Gasteiger partial charge in [0, 0.05) is 12.3 Å². The molecule has 84 valence electrons. The van der Waals surface area contributed by atoms with Crippen molar-refractivity contribution in [3.8, 4) is 0 Å². The molecule has 1 saturated carbocycles. The van der Waals surface area contributed by atoms with E-state index in [0.717, 1.165) is 12.8 Å². The van der Waals surface area contributed by atoms with Gasteiger partial charge < -0.3 is 0 Å². The summed E-state index contributed by atoms with van der Waals surface area (Å²) in [6, 6.07) is 0. The molecule has 2 aliphatic carbocycles. The first kappa shape index (κ1) is 10.8. The number of halogens is 2. The van der Waals surface area contributed by atoms with Crippen LogP contribution in [0.4, 0.5) is 8.78 Å². The molecule has 0 amide bonds. The predicted molar refractivity (Wildman–Crippen MR) is 53.8 cm³/mol. The van der Waals surface area contributed by atoms with Crippen molar-refractivity contribution < 1.29 is 13.6 Å². The summed E-state index contributed by atoms with van der Waals surface area (Å²) in [5.74, 6) is -4.77. The Hall–Kier alpha value is -0.730. The summed E-state index contributed by atoms with van der Waals surface area (Å²) in [7, 11) is 0. The molecule has 1 nitrogen and oxygen atoms in total. The fourth-order valence-corrected chi connectivity index (χ4v) is 2.61. The molecule has 0 unspecified atom stereocenters. The smallest absolute Gasteiger partial charge is 0.263 e. The van der Waals surface area contributed by atoms with Crippen molar-refractivity contribution in [2.75, 3.05) is 0 Å². The van der Waals surface area contributed by atoms with Crippen molar-refractivity contribution >= 4 is 5.78 Å². The quantitative estimate of drug-likeness (QED) is 0.644. The summed E-state index contributed by atoms with van der Waals surface area (Å²) in [5.41, 5.74) is 0. The van der Waals surface area contributed by atoms with Gasteiger partial charge in [0.15, 0.2) is 0 Å². The van der Waals surface area contributed by atoms with E-state index in [1.54, 1.807) is 6.08 Å². The number of rotatable bonds is 2. The first-order chi connectivity index (χ1) is 7.12. The van der Waals surface area contributed by atoms with Crippen molar-refractivity contribution in [2.24, 2.45) is 11.8 Å². The fraction of sp³-hybridized carbons (Fsp3) is 0.750. The zero-order valence-corrected chi connectivity index (χ0v) is 8.72. The lowest BCUT2D eigenvalue weighted by Gasteiger charge is -2.30. The molecule has 0 saturated heterocycles. The maximum atomic E-state index is 14.0. The van der Waals surface area contributed by atoms with Gasteiger partial charge in [-0.2, -0.15) is 0 Å². The van der Waals surface area contributed by atoms with Gasteiger partial charge in [-0.3, -0.25) is 4.79 Å². The number of allylic oxidation sites excluding steroid dienone is 2. The van der Waals surface area contributed by atoms with Crippen LogP contribution in [-0.4, -0.2) is 11.7 Å². The lowest BCUT2D eigenvalue weighted by molar-refractivity contribution is -0.140. The minimum absolute atomic E-state index is 0.237. The van der Waals surface area contributed by atoms with Gasteiger partial charge in [-0.1, -0.05) is 12.2 Å². The average molecular weight is 214 g/mol. The highest BCUT2D eigenvalue weighted by Crippen LogP contribution is 2.43. The number of carbonyl (C=O) groups excluding carboxylic acids is 1. The van der Waals surface area contributed by atoms with Crippen LogP contribution in [0.1, 0.15) is 38.5 Å². The molecule has 0 aliphatic heterocycles. The number of ketones is 1. The summed E-state index contributed by atoms with van der Waals surface area (Å²) in [5, 5.41) is 0. The van der Waals surface area contributed by atoms with Crippen LogP contribution in [0.15, 0.2) is 12.2 Å². The second-order valence-electron chi connectivity index (χ2n) is 4.55. The standard InChI is InChI=1S/C12H16F2O/c13-12(14,9-5-2-1-3-6-9)10-7-4-8-11(10)15/h2,5,9-10H,1,3-4,6-8H2/t9-,10+/m1/s1. The normalized spacial score (nSPS) is 32.3. The van der Waals surface area contributed by atoms with E-state index < -0.39 is 17.8 Å². The van der Waals surface area contributed by atoms with Crippen molar-refractivity contribution in [3.05, 3.63) is 12.2 Å². The first-order valence-corrected chi connectivity index (χ1v) is 5.69. The third-order valence-corrected chi connectivity index (χ3v) is 3.52. The van der Waals surface area contributed by atoms with Crippen molar-refractivity contribution in [3.63, 3.8) is 0 Å². The molecule has 0 aromatic rings. The fourth-order valence-electron chi connectivity index (χ4n) is 2.61. The van der Waals surface area contributed by atoms with Gasteiger partial charge in [0.2, 0.25) is 0 Å². The molecular weight excluding hydrogens is 198 g/mol. The van der Waals surface area contributed by atoms with Gasteiger partial charge in [-0.25, -0.2) is 8.78 Å². The van der Waals surface area contributed by atoms with E-state index in [1.807, 2.05) is 6.08 Å². The lowest BCUT2D eigenvalue weighted by atomic mass is 9.82. The van der Waals surface area contributed by atoms with Crippen molar-refractivity contribution in [1.29, 1.82) is 0 Å². The van der Waals surface area contributed by atoms with Gasteiger partial charge in [0.25, 0.3) is 5.92 Å². The minimum atomic E-state index is -2.81. The highest BCUT2D eigenvalue weighted by molar-refractivity contribution is 5.83. The SMILES string of the molecule is O=C1CCC[C@@H]1C(F)(F)[C@@H]1C=CCCC1. The third-order valence-electron chi connectivity index (χ3n) is 3.52. The second kappa shape index (κ2) is 4.03. The van der Waals surface area contributed by atoms with E-state index in [4.69, 9.17) is 0 Å². The molecule has 2 aliphatic rings. The lowest BCUT2D eigenvalue weighted by Crippen LogP contribution is -2.38. The van der Waals surface area contributed by atoms with Gasteiger partial charge in [-0.05, 0) is 32.1 Å². The molecule has 15 heavy (non-hydrogen) atoms. The Morgan fingerprint density at radius 2 is 2.07 bits per heavy atom. The van der Waals surface area contributed by atoms with Gasteiger partial charge in [0.1, 0.15) is 5.78 Å². The number of hydrogen-bond donors (Lipinski definition) is 0. The van der Waals surface area contributed by atoms with E-state index >= 15 is 0 Å². The molecule has 2 atom stereocenters. The Bertz CT molecular complexity index is 283. The molecular formula is C12H16F2O. The van der Waals surface area contributed by atoms with E-state index in [2.05, 4.69) is 0 Å². The topological polar surface area (TPSA) is 17.1 Å². The Morgan fingerprint density at radius 3 is 2.60 bits per heavy atom. The Morgan fingerprint density at radius 1 is 1.27 bits per heavy atom. The summed E-state index contributed by atoms with van der Waals surface area (Å²) in [6.07, 6.45) is 7.01. The molecule has 0 heterocycles. The zero-order valence-electron chi connectivity index (χ0n) is 8.72. The van der Waals surface area contributed by atoms with E-state index in [9.17, 15) is 13.6 Å². The first-order valence-electron chi connectivity index (χ1n) is 5.69.